The smallest absolute Gasteiger partial charge is 0.0542 e. The van der Waals surface area contributed by atoms with E-state index in [-0.39, 0.29) is 0 Å². The zero-order valence-corrected chi connectivity index (χ0v) is 11.7. The van der Waals surface area contributed by atoms with Gasteiger partial charge in [0.15, 0.2) is 0 Å². The van der Waals surface area contributed by atoms with Crippen LogP contribution < -0.4 is 5.73 Å². The van der Waals surface area contributed by atoms with Crippen LogP contribution in [0.25, 0.3) is 0 Å². The number of likely N-dealkylation sites (tertiary alicyclic amines) is 1. The number of fused-ring (bicyclic) bond motifs is 1. The Balaban J connectivity index is 1.70. The van der Waals surface area contributed by atoms with Gasteiger partial charge in [-0.25, -0.2) is 0 Å². The van der Waals surface area contributed by atoms with Crippen LogP contribution in [-0.4, -0.2) is 22.5 Å². The fourth-order valence-electron chi connectivity index (χ4n) is 3.90. The topological polar surface area (TPSA) is 42.1 Å². The monoisotopic (exact) mass is 259 g/mol. The molecule has 1 aromatic rings. The quantitative estimate of drug-likeness (QED) is 0.907. The van der Waals surface area contributed by atoms with E-state index in [1.807, 2.05) is 6.20 Å². The van der Waals surface area contributed by atoms with E-state index in [0.29, 0.717) is 6.54 Å². The SMILES string of the molecule is NCc1cc(CN2CCCC3CCCCC32)ccn1. The number of nitrogens with two attached hydrogens (primary N) is 1. The minimum atomic E-state index is 0.542. The second-order valence-corrected chi connectivity index (χ2v) is 6.08. The molecule has 0 amide bonds. The van der Waals surface area contributed by atoms with Crippen LogP contribution in [0.3, 0.4) is 0 Å². The van der Waals surface area contributed by atoms with Gasteiger partial charge >= 0.3 is 0 Å². The summed E-state index contributed by atoms with van der Waals surface area (Å²) in [5, 5.41) is 0. The van der Waals surface area contributed by atoms with Crippen molar-refractivity contribution in [1.29, 1.82) is 0 Å². The normalized spacial score (nSPS) is 28.1. The molecule has 3 heteroatoms. The van der Waals surface area contributed by atoms with Crippen molar-refractivity contribution in [3.63, 3.8) is 0 Å². The van der Waals surface area contributed by atoms with Crippen LogP contribution in [-0.2, 0) is 13.1 Å². The summed E-state index contributed by atoms with van der Waals surface area (Å²) in [6.45, 7) is 2.89. The minimum Gasteiger partial charge on any atom is -0.325 e. The van der Waals surface area contributed by atoms with Crippen molar-refractivity contribution in [2.75, 3.05) is 6.54 Å². The molecule has 2 heterocycles. The van der Waals surface area contributed by atoms with Gasteiger partial charge in [-0.3, -0.25) is 9.88 Å². The van der Waals surface area contributed by atoms with Crippen molar-refractivity contribution >= 4 is 0 Å². The van der Waals surface area contributed by atoms with Crippen molar-refractivity contribution in [3.05, 3.63) is 29.6 Å². The molecule has 0 aromatic carbocycles. The number of pyridine rings is 1. The number of hydrogen-bond acceptors (Lipinski definition) is 3. The van der Waals surface area contributed by atoms with E-state index < -0.39 is 0 Å². The Morgan fingerprint density at radius 2 is 2.05 bits per heavy atom. The zero-order chi connectivity index (χ0) is 13.1. The van der Waals surface area contributed by atoms with Crippen LogP contribution in [0.4, 0.5) is 0 Å². The lowest BCUT2D eigenvalue weighted by atomic mass is 9.78. The fraction of sp³-hybridized carbons (Fsp3) is 0.688. The molecule has 19 heavy (non-hydrogen) atoms. The summed E-state index contributed by atoms with van der Waals surface area (Å²) in [7, 11) is 0. The van der Waals surface area contributed by atoms with E-state index in [4.69, 9.17) is 5.73 Å². The summed E-state index contributed by atoms with van der Waals surface area (Å²) in [5.74, 6) is 0.957. The Morgan fingerprint density at radius 1 is 1.21 bits per heavy atom. The van der Waals surface area contributed by atoms with Gasteiger partial charge in [-0.1, -0.05) is 12.8 Å². The molecule has 1 aromatic heterocycles. The Kier molecular flexibility index (Phi) is 4.14. The van der Waals surface area contributed by atoms with Gasteiger partial charge in [-0.05, 0) is 55.8 Å². The van der Waals surface area contributed by atoms with Crippen LogP contribution in [0.2, 0.25) is 0 Å². The number of piperidine rings is 1. The average molecular weight is 259 g/mol. The predicted molar refractivity (Wildman–Crippen MR) is 77.5 cm³/mol. The van der Waals surface area contributed by atoms with Gasteiger partial charge in [0, 0.05) is 25.3 Å². The van der Waals surface area contributed by atoms with Gasteiger partial charge < -0.3 is 5.73 Å². The molecule has 2 fully saturated rings. The summed E-state index contributed by atoms with van der Waals surface area (Å²) in [6.07, 6.45) is 10.4. The van der Waals surface area contributed by atoms with Gasteiger partial charge in [0.25, 0.3) is 0 Å². The lowest BCUT2D eigenvalue weighted by Gasteiger charge is -2.44. The highest BCUT2D eigenvalue weighted by Gasteiger charge is 2.32. The Labute approximate surface area is 116 Å². The zero-order valence-electron chi connectivity index (χ0n) is 11.7. The molecule has 2 N–H and O–H groups in total. The average Bonchev–Trinajstić information content (AvgIpc) is 2.48. The highest BCUT2D eigenvalue weighted by molar-refractivity contribution is 5.16. The van der Waals surface area contributed by atoms with E-state index in [2.05, 4.69) is 22.0 Å². The molecule has 3 nitrogen and oxygen atoms in total. The van der Waals surface area contributed by atoms with Crippen molar-refractivity contribution in [2.45, 2.75) is 57.7 Å². The first-order chi connectivity index (χ1) is 9.36. The van der Waals surface area contributed by atoms with Crippen LogP contribution >= 0.6 is 0 Å². The van der Waals surface area contributed by atoms with Crippen LogP contribution in [0.5, 0.6) is 0 Å². The Morgan fingerprint density at radius 3 is 2.95 bits per heavy atom. The summed E-state index contributed by atoms with van der Waals surface area (Å²) >= 11 is 0. The molecule has 2 atom stereocenters. The summed E-state index contributed by atoms with van der Waals surface area (Å²) in [4.78, 5) is 7.00. The molecule has 0 spiro atoms. The first-order valence-electron chi connectivity index (χ1n) is 7.75. The summed E-state index contributed by atoms with van der Waals surface area (Å²) < 4.78 is 0. The summed E-state index contributed by atoms with van der Waals surface area (Å²) in [6, 6.07) is 5.15. The first-order valence-corrected chi connectivity index (χ1v) is 7.75. The molecule has 1 saturated carbocycles. The van der Waals surface area contributed by atoms with E-state index >= 15 is 0 Å². The molecule has 1 aliphatic carbocycles. The number of nitrogens with zero attached hydrogens (tertiary/aromatic N) is 2. The van der Waals surface area contributed by atoms with Gasteiger partial charge in [-0.2, -0.15) is 0 Å². The molecule has 0 bridgehead atoms. The van der Waals surface area contributed by atoms with Crippen molar-refractivity contribution < 1.29 is 0 Å². The maximum absolute atomic E-state index is 5.68. The molecule has 0 radical (unpaired) electrons. The number of aromatic nitrogens is 1. The van der Waals surface area contributed by atoms with E-state index in [1.165, 1.54) is 50.6 Å². The third kappa shape index (κ3) is 2.98. The molecular weight excluding hydrogens is 234 g/mol. The Bertz CT molecular complexity index is 416. The third-order valence-corrected chi connectivity index (χ3v) is 4.83. The minimum absolute atomic E-state index is 0.542. The second kappa shape index (κ2) is 6.02. The predicted octanol–water partition coefficient (Wildman–Crippen LogP) is 2.69. The molecule has 104 valence electrons. The van der Waals surface area contributed by atoms with Crippen molar-refractivity contribution in [3.8, 4) is 0 Å². The van der Waals surface area contributed by atoms with E-state index in [9.17, 15) is 0 Å². The van der Waals surface area contributed by atoms with Crippen LogP contribution in [0, 0.1) is 5.92 Å². The Hall–Kier alpha value is -0.930. The molecule has 2 aliphatic rings. The van der Waals surface area contributed by atoms with E-state index in [0.717, 1.165) is 24.2 Å². The largest absolute Gasteiger partial charge is 0.325 e. The van der Waals surface area contributed by atoms with Gasteiger partial charge in [0.1, 0.15) is 0 Å². The number of rotatable bonds is 3. The molecule has 1 saturated heterocycles. The molecular formula is C16H25N3. The highest BCUT2D eigenvalue weighted by atomic mass is 15.2. The first kappa shape index (κ1) is 13.1. The molecule has 2 unspecified atom stereocenters. The lowest BCUT2D eigenvalue weighted by Crippen LogP contribution is -2.46. The lowest BCUT2D eigenvalue weighted by molar-refractivity contribution is 0.0547. The van der Waals surface area contributed by atoms with E-state index in [1.54, 1.807) is 0 Å². The van der Waals surface area contributed by atoms with Crippen LogP contribution in [0.15, 0.2) is 18.3 Å². The highest BCUT2D eigenvalue weighted by Crippen LogP contribution is 2.35. The second-order valence-electron chi connectivity index (χ2n) is 6.08. The maximum atomic E-state index is 5.68. The standard InChI is InChI=1S/C16H25N3/c17-11-15-10-13(7-8-18-15)12-19-9-3-5-14-4-1-2-6-16(14)19/h7-8,10,14,16H,1-6,9,11-12,17H2. The van der Waals surface area contributed by atoms with Crippen molar-refractivity contribution in [1.82, 2.24) is 9.88 Å². The van der Waals surface area contributed by atoms with Gasteiger partial charge in [0.2, 0.25) is 0 Å². The van der Waals surface area contributed by atoms with Gasteiger partial charge in [-0.15, -0.1) is 0 Å². The van der Waals surface area contributed by atoms with Gasteiger partial charge in [0.05, 0.1) is 5.69 Å². The number of hydrogen-bond donors (Lipinski definition) is 1. The maximum Gasteiger partial charge on any atom is 0.0542 e. The fourth-order valence-corrected chi connectivity index (χ4v) is 3.90. The third-order valence-electron chi connectivity index (χ3n) is 4.83. The van der Waals surface area contributed by atoms with Crippen LogP contribution in [0.1, 0.15) is 49.8 Å². The molecule has 3 rings (SSSR count). The van der Waals surface area contributed by atoms with Crippen molar-refractivity contribution in [2.24, 2.45) is 11.7 Å². The summed E-state index contributed by atoms with van der Waals surface area (Å²) in [5.41, 5.74) is 8.07. The molecule has 1 aliphatic heterocycles.